The van der Waals surface area contributed by atoms with Gasteiger partial charge >= 0.3 is 0 Å². The zero-order chi connectivity index (χ0) is 27.5. The summed E-state index contributed by atoms with van der Waals surface area (Å²) in [6.45, 7) is 2.61. The van der Waals surface area contributed by atoms with Gasteiger partial charge in [-0.15, -0.1) is 0 Å². The van der Waals surface area contributed by atoms with E-state index in [2.05, 4.69) is 20.5 Å². The molecule has 2 amide bonds. The monoisotopic (exact) mass is 536 g/mol. The van der Waals surface area contributed by atoms with Crippen LogP contribution in [0.1, 0.15) is 75.1 Å². The molecule has 3 N–H and O–H groups in total. The number of methoxy groups -OCH3 is 1. The minimum atomic E-state index is -0.266. The summed E-state index contributed by atoms with van der Waals surface area (Å²) in [5.41, 5.74) is 1.86. The molecule has 5 rings (SSSR count). The molecule has 1 unspecified atom stereocenters. The molecule has 0 spiro atoms. The van der Waals surface area contributed by atoms with Crippen LogP contribution >= 0.6 is 0 Å². The summed E-state index contributed by atoms with van der Waals surface area (Å²) in [4.78, 5) is 39.3. The number of nitrogens with one attached hydrogen (secondary N) is 2. The second-order valence-electron chi connectivity index (χ2n) is 11.2. The van der Waals surface area contributed by atoms with Gasteiger partial charge in [0.1, 0.15) is 11.4 Å². The number of aromatic nitrogens is 2. The highest BCUT2D eigenvalue weighted by molar-refractivity contribution is 5.99. The van der Waals surface area contributed by atoms with E-state index in [1.807, 2.05) is 6.92 Å². The number of aliphatic hydroxyl groups is 1. The molecule has 1 aromatic heterocycles. The molecular weight excluding hydrogens is 496 g/mol. The molecule has 2 fully saturated rings. The van der Waals surface area contributed by atoms with Gasteiger partial charge < -0.3 is 30.3 Å². The molecule has 1 aliphatic heterocycles. The average Bonchev–Trinajstić information content (AvgIpc) is 3.05. The fourth-order valence-electron chi connectivity index (χ4n) is 6.04. The lowest BCUT2D eigenvalue weighted by Gasteiger charge is -2.35. The van der Waals surface area contributed by atoms with Crippen LogP contribution in [0, 0.1) is 5.92 Å². The lowest BCUT2D eigenvalue weighted by molar-refractivity contribution is -0.121. The summed E-state index contributed by atoms with van der Waals surface area (Å²) < 4.78 is 5.61. The van der Waals surface area contributed by atoms with Crippen molar-refractivity contribution >= 4 is 35.0 Å². The Labute approximate surface area is 230 Å². The van der Waals surface area contributed by atoms with Crippen molar-refractivity contribution < 1.29 is 19.4 Å². The molecule has 1 aromatic carbocycles. The first-order chi connectivity index (χ1) is 18.8. The average molecular weight is 537 g/mol. The van der Waals surface area contributed by atoms with Crippen LogP contribution in [0.25, 0.3) is 0 Å². The van der Waals surface area contributed by atoms with Crippen LogP contribution in [0.2, 0.25) is 0 Å². The molecule has 0 bridgehead atoms. The molecule has 0 radical (unpaired) electrons. The van der Waals surface area contributed by atoms with Gasteiger partial charge in [0, 0.05) is 31.2 Å². The number of anilines is 4. The summed E-state index contributed by atoms with van der Waals surface area (Å²) >= 11 is 0. The zero-order valence-electron chi connectivity index (χ0n) is 23.2. The first kappa shape index (κ1) is 27.2. The normalized spacial score (nSPS) is 24.1. The van der Waals surface area contributed by atoms with Crippen molar-refractivity contribution in [2.45, 2.75) is 82.9 Å². The van der Waals surface area contributed by atoms with Crippen LogP contribution in [0.3, 0.4) is 0 Å². The first-order valence-corrected chi connectivity index (χ1v) is 14.2. The van der Waals surface area contributed by atoms with Crippen LogP contribution in [0.5, 0.6) is 5.75 Å². The Morgan fingerprint density at radius 1 is 1.10 bits per heavy atom. The second kappa shape index (κ2) is 11.8. The van der Waals surface area contributed by atoms with Gasteiger partial charge in [0.05, 0.1) is 31.0 Å². The lowest BCUT2D eigenvalue weighted by atomic mass is 9.93. The molecule has 2 saturated carbocycles. The summed E-state index contributed by atoms with van der Waals surface area (Å²) in [5, 5.41) is 16.1. The highest BCUT2D eigenvalue weighted by Crippen LogP contribution is 2.37. The topological polar surface area (TPSA) is 120 Å². The zero-order valence-corrected chi connectivity index (χ0v) is 23.2. The fraction of sp³-hybridized carbons (Fsp3) is 0.586. The third-order valence-electron chi connectivity index (χ3n) is 8.36. The molecule has 210 valence electrons. The molecule has 2 aromatic rings. The van der Waals surface area contributed by atoms with Gasteiger partial charge in [0.2, 0.25) is 11.9 Å². The third-order valence-corrected chi connectivity index (χ3v) is 8.36. The number of rotatable bonds is 6. The van der Waals surface area contributed by atoms with Crippen LogP contribution in [0.15, 0.2) is 24.4 Å². The van der Waals surface area contributed by atoms with Gasteiger partial charge in [-0.1, -0.05) is 26.2 Å². The Hall–Kier alpha value is -3.40. The van der Waals surface area contributed by atoms with Crippen molar-refractivity contribution in [3.05, 3.63) is 30.0 Å². The number of benzene rings is 1. The number of aliphatic hydroxyl groups excluding tert-OH is 1. The van der Waals surface area contributed by atoms with Crippen LogP contribution in [-0.4, -0.2) is 65.8 Å². The Morgan fingerprint density at radius 2 is 1.85 bits per heavy atom. The van der Waals surface area contributed by atoms with Gasteiger partial charge in [-0.2, -0.15) is 4.98 Å². The number of nitrogens with zero attached hydrogens (tertiary/aromatic N) is 4. The van der Waals surface area contributed by atoms with Crippen LogP contribution in [-0.2, 0) is 4.79 Å². The molecule has 0 saturated heterocycles. The Morgan fingerprint density at radius 3 is 2.56 bits per heavy atom. The second-order valence-corrected chi connectivity index (χ2v) is 11.2. The highest BCUT2D eigenvalue weighted by atomic mass is 16.5. The first-order valence-electron chi connectivity index (χ1n) is 14.2. The van der Waals surface area contributed by atoms with E-state index in [0.29, 0.717) is 48.4 Å². The maximum Gasteiger partial charge on any atom is 0.251 e. The van der Waals surface area contributed by atoms with Gasteiger partial charge in [-0.3, -0.25) is 9.59 Å². The van der Waals surface area contributed by atoms with Gasteiger partial charge in [-0.25, -0.2) is 4.98 Å². The van der Waals surface area contributed by atoms with E-state index < -0.39 is 0 Å². The Kier molecular flexibility index (Phi) is 8.20. The quantitative estimate of drug-likeness (QED) is 0.507. The van der Waals surface area contributed by atoms with Crippen molar-refractivity contribution in [1.29, 1.82) is 0 Å². The highest BCUT2D eigenvalue weighted by Gasteiger charge is 2.34. The largest absolute Gasteiger partial charge is 0.495 e. The number of amides is 2. The fourth-order valence-corrected chi connectivity index (χ4v) is 6.04. The molecule has 10 nitrogen and oxygen atoms in total. The standard InChI is InChI=1S/C29H40N6O4/c1-18-17-35(21-7-5-4-6-8-21)26-24(34(2)28(18)38)16-30-29(33-26)32-23-14-9-19(15-25(23)39-3)27(37)31-20-10-12-22(36)13-11-20/h9,14-16,18,20-22,36H,4-8,10-13,17H2,1-3H3,(H,31,37)(H,30,32,33)/t18?,20-,22-. The molecule has 39 heavy (non-hydrogen) atoms. The van der Waals surface area contributed by atoms with Gasteiger partial charge in [-0.05, 0) is 56.7 Å². The minimum Gasteiger partial charge on any atom is -0.495 e. The Balaban J connectivity index is 1.38. The Bertz CT molecular complexity index is 1190. The van der Waals surface area contributed by atoms with Crippen LogP contribution in [0.4, 0.5) is 23.1 Å². The number of hydrogen-bond acceptors (Lipinski definition) is 8. The van der Waals surface area contributed by atoms with Crippen molar-refractivity contribution in [2.75, 3.05) is 35.8 Å². The van der Waals surface area contributed by atoms with Gasteiger partial charge in [0.15, 0.2) is 5.82 Å². The lowest BCUT2D eigenvalue weighted by Crippen LogP contribution is -2.41. The SMILES string of the molecule is COc1cc(C(=O)N[C@H]2CC[C@H](O)CC2)ccc1Nc1ncc2c(n1)N(C1CCCCC1)CC(C)C(=O)N2C. The summed E-state index contributed by atoms with van der Waals surface area (Å²) in [5.74, 6) is 1.45. The number of fused-ring (bicyclic) bond motifs is 1. The van der Waals surface area contributed by atoms with E-state index in [1.54, 1.807) is 43.5 Å². The predicted molar refractivity (Wildman–Crippen MR) is 151 cm³/mol. The van der Waals surface area contributed by atoms with Gasteiger partial charge in [0.25, 0.3) is 5.91 Å². The summed E-state index contributed by atoms with van der Waals surface area (Å²) in [6.07, 6.45) is 10.2. The summed E-state index contributed by atoms with van der Waals surface area (Å²) in [6, 6.07) is 5.67. The molecule has 3 aliphatic rings. The van der Waals surface area contributed by atoms with Crippen molar-refractivity contribution in [2.24, 2.45) is 5.92 Å². The molecule has 2 heterocycles. The van der Waals surface area contributed by atoms with Crippen molar-refractivity contribution in [3.8, 4) is 5.75 Å². The van der Waals surface area contributed by atoms with E-state index in [-0.39, 0.29) is 29.9 Å². The van der Waals surface area contributed by atoms with E-state index in [1.165, 1.54) is 19.3 Å². The molecule has 1 atom stereocenters. The van der Waals surface area contributed by atoms with E-state index >= 15 is 0 Å². The summed E-state index contributed by atoms with van der Waals surface area (Å²) in [7, 11) is 3.36. The van der Waals surface area contributed by atoms with Crippen molar-refractivity contribution in [1.82, 2.24) is 15.3 Å². The number of carbonyl (C=O) groups is 2. The predicted octanol–water partition coefficient (Wildman–Crippen LogP) is 4.01. The van der Waals surface area contributed by atoms with E-state index in [9.17, 15) is 14.7 Å². The maximum atomic E-state index is 13.0. The third kappa shape index (κ3) is 5.95. The number of hydrogen-bond donors (Lipinski definition) is 3. The smallest absolute Gasteiger partial charge is 0.251 e. The number of carbonyl (C=O) groups excluding carboxylic acids is 2. The molecular formula is C29H40N6O4. The molecule has 10 heteroatoms. The van der Waals surface area contributed by atoms with Crippen molar-refractivity contribution in [3.63, 3.8) is 0 Å². The molecule has 2 aliphatic carbocycles. The van der Waals surface area contributed by atoms with E-state index in [0.717, 1.165) is 37.2 Å². The van der Waals surface area contributed by atoms with E-state index in [4.69, 9.17) is 9.72 Å². The van der Waals surface area contributed by atoms with Crippen LogP contribution < -0.4 is 25.2 Å². The maximum absolute atomic E-state index is 13.0. The number of ether oxygens (including phenoxy) is 1. The minimum absolute atomic E-state index is 0.0671.